The van der Waals surface area contributed by atoms with Gasteiger partial charge in [0, 0.05) is 49.2 Å². The van der Waals surface area contributed by atoms with Crippen molar-refractivity contribution in [3.05, 3.63) is 107 Å². The first kappa shape index (κ1) is 29.0. The van der Waals surface area contributed by atoms with Crippen LogP contribution in [0.2, 0.25) is 0 Å². The highest BCUT2D eigenvalue weighted by atomic mass is 19.1. The van der Waals surface area contributed by atoms with E-state index < -0.39 is 35.4 Å². The van der Waals surface area contributed by atoms with Gasteiger partial charge in [0.15, 0.2) is 0 Å². The van der Waals surface area contributed by atoms with E-state index in [1.807, 2.05) is 55.6 Å². The maximum absolute atomic E-state index is 14.0. The third kappa shape index (κ3) is 6.67. The molecule has 3 N–H and O–H groups in total. The zero-order chi connectivity index (χ0) is 29.6. The lowest BCUT2D eigenvalue weighted by atomic mass is 9.97. The molecule has 5 rings (SSSR count). The number of nitrogens with zero attached hydrogens (tertiary/aromatic N) is 1. The molecule has 2 atom stereocenters. The Morgan fingerprint density at radius 1 is 0.952 bits per heavy atom. The fourth-order valence-corrected chi connectivity index (χ4v) is 5.59. The fraction of sp³-hybridized carbons (Fsp3) is 0.303. The van der Waals surface area contributed by atoms with Crippen molar-refractivity contribution < 1.29 is 23.2 Å². The molecule has 218 valence electrons. The standard InChI is InChI=1S/C33H34F2N4O3/c1-2-7-28(31(40)37-18-21-14-25(34)17-26(35)15-21)32(41)38-30(16-24-19-36-29-11-6-5-10-27(24)29)33(42)39-13-12-22-8-3-4-9-23(22)20-39/h3-6,8-11,14-15,17,19,28,30,36H,2,7,12-13,16,18,20H2,1H3,(H,37,40)(H,38,41). The third-order valence-corrected chi connectivity index (χ3v) is 7.76. The van der Waals surface area contributed by atoms with Crippen molar-refractivity contribution in [3.8, 4) is 0 Å². The van der Waals surface area contributed by atoms with Gasteiger partial charge in [0.2, 0.25) is 17.7 Å². The largest absolute Gasteiger partial charge is 0.361 e. The summed E-state index contributed by atoms with van der Waals surface area (Å²) in [7, 11) is 0. The monoisotopic (exact) mass is 572 g/mol. The van der Waals surface area contributed by atoms with Crippen molar-refractivity contribution in [3.63, 3.8) is 0 Å². The molecule has 0 saturated carbocycles. The fourth-order valence-electron chi connectivity index (χ4n) is 5.59. The Bertz CT molecular complexity index is 1580. The Kier molecular flexibility index (Phi) is 8.95. The summed E-state index contributed by atoms with van der Waals surface area (Å²) in [6.45, 7) is 2.69. The molecule has 2 unspecified atom stereocenters. The number of amides is 3. The summed E-state index contributed by atoms with van der Waals surface area (Å²) >= 11 is 0. The number of benzene rings is 3. The number of halogens is 2. The summed E-state index contributed by atoms with van der Waals surface area (Å²) < 4.78 is 27.2. The third-order valence-electron chi connectivity index (χ3n) is 7.76. The number of fused-ring (bicyclic) bond motifs is 2. The van der Waals surface area contributed by atoms with Crippen LogP contribution in [0.15, 0.2) is 72.9 Å². The minimum absolute atomic E-state index is 0.133. The van der Waals surface area contributed by atoms with Gasteiger partial charge in [-0.1, -0.05) is 55.8 Å². The summed E-state index contributed by atoms with van der Waals surface area (Å²) in [5.41, 5.74) is 4.33. The molecular formula is C33H34F2N4O3. The molecule has 0 aliphatic carbocycles. The number of aromatic amines is 1. The first-order chi connectivity index (χ1) is 20.3. The van der Waals surface area contributed by atoms with Crippen LogP contribution in [0.1, 0.15) is 42.0 Å². The second-order valence-corrected chi connectivity index (χ2v) is 10.7. The van der Waals surface area contributed by atoms with Crippen molar-refractivity contribution >= 4 is 28.6 Å². The molecular weight excluding hydrogens is 538 g/mol. The van der Waals surface area contributed by atoms with Gasteiger partial charge < -0.3 is 20.5 Å². The molecule has 0 bridgehead atoms. The van der Waals surface area contributed by atoms with Crippen LogP contribution in [-0.2, 0) is 40.3 Å². The number of carbonyl (C=O) groups excluding carboxylic acids is 3. The lowest BCUT2D eigenvalue weighted by molar-refractivity contribution is -0.141. The maximum atomic E-state index is 14.0. The van der Waals surface area contributed by atoms with E-state index in [9.17, 15) is 23.2 Å². The normalized spacial score (nSPS) is 14.2. The van der Waals surface area contributed by atoms with E-state index in [4.69, 9.17) is 0 Å². The smallest absolute Gasteiger partial charge is 0.245 e. The molecule has 0 saturated heterocycles. The average Bonchev–Trinajstić information content (AvgIpc) is 3.39. The van der Waals surface area contributed by atoms with Gasteiger partial charge in [-0.25, -0.2) is 8.78 Å². The van der Waals surface area contributed by atoms with Crippen LogP contribution in [0.3, 0.4) is 0 Å². The number of carbonyl (C=O) groups is 3. The Hall–Kier alpha value is -4.53. The van der Waals surface area contributed by atoms with Crippen molar-refractivity contribution in [2.45, 2.75) is 51.7 Å². The maximum Gasteiger partial charge on any atom is 0.245 e. The second kappa shape index (κ2) is 13.0. The number of H-pyrrole nitrogens is 1. The van der Waals surface area contributed by atoms with E-state index in [1.54, 1.807) is 4.90 Å². The summed E-state index contributed by atoms with van der Waals surface area (Å²) in [6, 6.07) is 17.9. The molecule has 7 nitrogen and oxygen atoms in total. The molecule has 1 aromatic heterocycles. The van der Waals surface area contributed by atoms with E-state index in [-0.39, 0.29) is 30.9 Å². The predicted octanol–water partition coefficient (Wildman–Crippen LogP) is 4.79. The lowest BCUT2D eigenvalue weighted by Crippen LogP contribution is -2.53. The van der Waals surface area contributed by atoms with Crippen LogP contribution in [0.5, 0.6) is 0 Å². The van der Waals surface area contributed by atoms with E-state index in [0.717, 1.165) is 46.6 Å². The molecule has 0 radical (unpaired) electrons. The van der Waals surface area contributed by atoms with E-state index in [1.165, 1.54) is 5.56 Å². The SMILES string of the molecule is CCCC(C(=O)NCc1cc(F)cc(F)c1)C(=O)NC(Cc1c[nH]c2ccccc12)C(=O)N1CCc2ccccc2C1. The second-order valence-electron chi connectivity index (χ2n) is 10.7. The molecule has 0 spiro atoms. The van der Waals surface area contributed by atoms with Gasteiger partial charge in [0.25, 0.3) is 0 Å². The van der Waals surface area contributed by atoms with E-state index >= 15 is 0 Å². The lowest BCUT2D eigenvalue weighted by Gasteiger charge is -2.32. The van der Waals surface area contributed by atoms with Crippen LogP contribution in [0, 0.1) is 17.6 Å². The Morgan fingerprint density at radius 3 is 2.43 bits per heavy atom. The molecule has 9 heteroatoms. The number of hydrogen-bond acceptors (Lipinski definition) is 3. The topological polar surface area (TPSA) is 94.3 Å². The number of rotatable bonds is 10. The van der Waals surface area contributed by atoms with Crippen LogP contribution >= 0.6 is 0 Å². The average molecular weight is 573 g/mol. The van der Waals surface area contributed by atoms with Gasteiger partial charge in [0.1, 0.15) is 23.6 Å². The highest BCUT2D eigenvalue weighted by Gasteiger charge is 2.33. The van der Waals surface area contributed by atoms with Crippen molar-refractivity contribution in [1.82, 2.24) is 20.5 Å². The molecule has 1 aliphatic rings. The van der Waals surface area contributed by atoms with Gasteiger partial charge >= 0.3 is 0 Å². The molecule has 3 aromatic carbocycles. The molecule has 2 heterocycles. The summed E-state index contributed by atoms with van der Waals surface area (Å²) in [4.78, 5) is 45.7. The van der Waals surface area contributed by atoms with Gasteiger partial charge in [-0.2, -0.15) is 0 Å². The van der Waals surface area contributed by atoms with Crippen LogP contribution < -0.4 is 10.6 Å². The molecule has 0 fully saturated rings. The van der Waals surface area contributed by atoms with Crippen LogP contribution in [0.25, 0.3) is 10.9 Å². The van der Waals surface area contributed by atoms with Gasteiger partial charge in [-0.05, 0) is 53.3 Å². The van der Waals surface area contributed by atoms with Gasteiger partial charge in [-0.3, -0.25) is 14.4 Å². The number of nitrogens with one attached hydrogen (secondary N) is 3. The zero-order valence-electron chi connectivity index (χ0n) is 23.5. The summed E-state index contributed by atoms with van der Waals surface area (Å²) in [5, 5.41) is 6.49. The number of para-hydroxylation sites is 1. The minimum atomic E-state index is -1.08. The molecule has 4 aromatic rings. The predicted molar refractivity (Wildman–Crippen MR) is 156 cm³/mol. The Morgan fingerprint density at radius 2 is 1.67 bits per heavy atom. The van der Waals surface area contributed by atoms with Crippen molar-refractivity contribution in [2.75, 3.05) is 6.54 Å². The van der Waals surface area contributed by atoms with Crippen LogP contribution in [0.4, 0.5) is 8.78 Å². The highest BCUT2D eigenvalue weighted by molar-refractivity contribution is 6.02. The Balaban J connectivity index is 1.35. The minimum Gasteiger partial charge on any atom is -0.361 e. The summed E-state index contributed by atoms with van der Waals surface area (Å²) in [5.74, 6) is -3.91. The van der Waals surface area contributed by atoms with Crippen molar-refractivity contribution in [2.24, 2.45) is 5.92 Å². The first-order valence-corrected chi connectivity index (χ1v) is 14.3. The van der Waals surface area contributed by atoms with Gasteiger partial charge in [-0.15, -0.1) is 0 Å². The van der Waals surface area contributed by atoms with Gasteiger partial charge in [0.05, 0.1) is 0 Å². The molecule has 3 amide bonds. The summed E-state index contributed by atoms with van der Waals surface area (Å²) in [6.07, 6.45) is 3.61. The van der Waals surface area contributed by atoms with E-state index in [2.05, 4.69) is 21.7 Å². The quantitative estimate of drug-likeness (QED) is 0.239. The first-order valence-electron chi connectivity index (χ1n) is 14.3. The molecule has 1 aliphatic heterocycles. The van der Waals surface area contributed by atoms with E-state index in [0.29, 0.717) is 19.5 Å². The van der Waals surface area contributed by atoms with Crippen LogP contribution in [-0.4, -0.2) is 40.2 Å². The number of aromatic nitrogens is 1. The molecule has 42 heavy (non-hydrogen) atoms. The highest BCUT2D eigenvalue weighted by Crippen LogP contribution is 2.23. The van der Waals surface area contributed by atoms with Crippen molar-refractivity contribution in [1.29, 1.82) is 0 Å². The zero-order valence-corrected chi connectivity index (χ0v) is 23.5. The number of hydrogen-bond donors (Lipinski definition) is 3. The Labute approximate surface area is 243 Å².